The van der Waals surface area contributed by atoms with Crippen LogP contribution in [0.5, 0.6) is 5.75 Å². The van der Waals surface area contributed by atoms with E-state index in [-0.39, 0.29) is 92.5 Å². The van der Waals surface area contributed by atoms with Gasteiger partial charge in [-0.15, -0.1) is 0 Å². The number of carboxylic acid groups (broad SMARTS) is 1. The van der Waals surface area contributed by atoms with Crippen molar-refractivity contribution in [2.24, 2.45) is 0 Å². The first kappa shape index (κ1) is 33.4. The fourth-order valence-corrected chi connectivity index (χ4v) is 5.21. The number of esters is 1. The van der Waals surface area contributed by atoms with Gasteiger partial charge in [-0.1, -0.05) is 0 Å². The number of rotatable bonds is 11. The van der Waals surface area contributed by atoms with E-state index in [2.05, 4.69) is 10.3 Å². The number of fused-ring (bicyclic) bond motifs is 1. The molecule has 2 aromatic rings. The lowest BCUT2D eigenvalue weighted by atomic mass is 9.80. The normalized spacial score (nSPS) is 16.5. The Bertz CT molecular complexity index is 1470. The van der Waals surface area contributed by atoms with Gasteiger partial charge in [-0.25, -0.2) is 19.0 Å². The maximum absolute atomic E-state index is 14.6. The van der Waals surface area contributed by atoms with Gasteiger partial charge in [0, 0.05) is 44.1 Å². The highest BCUT2D eigenvalue weighted by Crippen LogP contribution is 2.39. The van der Waals surface area contributed by atoms with Crippen molar-refractivity contribution >= 4 is 40.7 Å². The number of nitrogens with zero attached hydrogens (tertiary/aromatic N) is 3. The molecule has 0 radical (unpaired) electrons. The predicted molar refractivity (Wildman–Crippen MR) is 158 cm³/mol. The van der Waals surface area contributed by atoms with Crippen LogP contribution in [0.25, 0.3) is 10.9 Å². The number of aliphatic carboxylic acids is 1. The molecular weight excluding hydrogens is 591 g/mol. The standard InChI is InChI=1S/C31H39FN4O9/c1-5-43-30(42)36-13-11-35(12-14-36)28(39)22(7-8-26(37)44-18(2)3)34-27(38)24-17-25(45-31(29(40)41)9-6-10-31)20-16-21(32)19(4)15-23(20)33-24/h15-18,22H,5-14H2,1-4H3,(H,34,38)(H,40,41). The molecule has 1 unspecified atom stereocenters. The average molecular weight is 631 g/mol. The van der Waals surface area contributed by atoms with Crippen LogP contribution in [0, 0.1) is 12.7 Å². The van der Waals surface area contributed by atoms with Crippen LogP contribution in [0.3, 0.4) is 0 Å². The highest BCUT2D eigenvalue weighted by atomic mass is 19.1. The molecule has 1 aliphatic carbocycles. The van der Waals surface area contributed by atoms with Crippen molar-refractivity contribution in [3.05, 3.63) is 35.3 Å². The molecule has 244 valence electrons. The van der Waals surface area contributed by atoms with Crippen LogP contribution in [0.1, 0.15) is 68.9 Å². The van der Waals surface area contributed by atoms with Gasteiger partial charge in [-0.2, -0.15) is 0 Å². The van der Waals surface area contributed by atoms with E-state index in [1.165, 1.54) is 34.9 Å². The molecule has 1 saturated carbocycles. The third-order valence-corrected chi connectivity index (χ3v) is 7.87. The van der Waals surface area contributed by atoms with E-state index in [1.807, 2.05) is 0 Å². The first-order chi connectivity index (χ1) is 21.3. The molecular formula is C31H39FN4O9. The van der Waals surface area contributed by atoms with Crippen LogP contribution in [0.15, 0.2) is 18.2 Å². The molecule has 14 heteroatoms. The van der Waals surface area contributed by atoms with E-state index >= 15 is 0 Å². The molecule has 1 aliphatic heterocycles. The molecule has 45 heavy (non-hydrogen) atoms. The van der Waals surface area contributed by atoms with Crippen molar-refractivity contribution < 1.29 is 47.7 Å². The summed E-state index contributed by atoms with van der Waals surface area (Å²) >= 11 is 0. The molecule has 1 atom stereocenters. The van der Waals surface area contributed by atoms with Crippen LogP contribution in [0.2, 0.25) is 0 Å². The summed E-state index contributed by atoms with van der Waals surface area (Å²) in [5.74, 6) is -3.52. The zero-order valence-electron chi connectivity index (χ0n) is 25.9. The summed E-state index contributed by atoms with van der Waals surface area (Å²) in [4.78, 5) is 71.1. The smallest absolute Gasteiger partial charge is 0.409 e. The number of pyridine rings is 1. The molecule has 2 aliphatic rings. The zero-order chi connectivity index (χ0) is 32.9. The Morgan fingerprint density at radius 1 is 1.07 bits per heavy atom. The zero-order valence-corrected chi connectivity index (χ0v) is 25.9. The number of aromatic nitrogens is 1. The van der Waals surface area contributed by atoms with Gasteiger partial charge in [0.1, 0.15) is 23.3 Å². The molecule has 1 saturated heterocycles. The van der Waals surface area contributed by atoms with Gasteiger partial charge < -0.3 is 34.4 Å². The fourth-order valence-electron chi connectivity index (χ4n) is 5.21. The second-order valence-electron chi connectivity index (χ2n) is 11.5. The Labute approximate surface area is 260 Å². The number of aryl methyl sites for hydroxylation is 1. The predicted octanol–water partition coefficient (Wildman–Crippen LogP) is 3.20. The Kier molecular flexibility index (Phi) is 10.5. The van der Waals surface area contributed by atoms with Crippen molar-refractivity contribution in [2.75, 3.05) is 32.8 Å². The first-order valence-electron chi connectivity index (χ1n) is 15.1. The van der Waals surface area contributed by atoms with Gasteiger partial charge in [-0.3, -0.25) is 14.4 Å². The number of nitrogens with one attached hydrogen (secondary N) is 1. The highest BCUT2D eigenvalue weighted by Gasteiger charge is 2.47. The molecule has 13 nitrogen and oxygen atoms in total. The molecule has 1 aromatic heterocycles. The van der Waals surface area contributed by atoms with Gasteiger partial charge >= 0.3 is 18.0 Å². The minimum atomic E-state index is -1.51. The number of carboxylic acids is 1. The average Bonchev–Trinajstić information content (AvgIpc) is 2.96. The number of carbonyl (C=O) groups is 5. The maximum Gasteiger partial charge on any atom is 0.409 e. The lowest BCUT2D eigenvalue weighted by molar-refractivity contribution is -0.163. The van der Waals surface area contributed by atoms with E-state index in [0.29, 0.717) is 6.42 Å². The lowest BCUT2D eigenvalue weighted by Crippen LogP contribution is -2.56. The van der Waals surface area contributed by atoms with Crippen LogP contribution in [-0.2, 0) is 23.9 Å². The quantitative estimate of drug-likeness (QED) is 0.352. The largest absolute Gasteiger partial charge is 0.478 e. The Morgan fingerprint density at radius 2 is 1.73 bits per heavy atom. The summed E-state index contributed by atoms with van der Waals surface area (Å²) < 4.78 is 30.7. The Morgan fingerprint density at radius 3 is 2.31 bits per heavy atom. The lowest BCUT2D eigenvalue weighted by Gasteiger charge is -2.38. The van der Waals surface area contributed by atoms with Crippen molar-refractivity contribution in [1.82, 2.24) is 20.1 Å². The number of benzene rings is 1. The van der Waals surface area contributed by atoms with E-state index < -0.39 is 47.3 Å². The minimum absolute atomic E-state index is 0.0235. The summed E-state index contributed by atoms with van der Waals surface area (Å²) in [6.07, 6.45) is 0.0494. The molecule has 2 N–H and O–H groups in total. The van der Waals surface area contributed by atoms with Crippen molar-refractivity contribution in [3.8, 4) is 5.75 Å². The molecule has 3 amide bonds. The minimum Gasteiger partial charge on any atom is -0.478 e. The number of hydrogen-bond acceptors (Lipinski definition) is 9. The van der Waals surface area contributed by atoms with E-state index in [4.69, 9.17) is 14.2 Å². The summed E-state index contributed by atoms with van der Waals surface area (Å²) in [5, 5.41) is 12.7. The Hall–Kier alpha value is -4.49. The van der Waals surface area contributed by atoms with Crippen LogP contribution in [-0.4, -0.2) is 100 Å². The summed E-state index contributed by atoms with van der Waals surface area (Å²) in [6, 6.07) is 2.70. The van der Waals surface area contributed by atoms with Gasteiger partial charge in [0.25, 0.3) is 5.91 Å². The summed E-state index contributed by atoms with van der Waals surface area (Å²) in [5.41, 5.74) is -1.23. The van der Waals surface area contributed by atoms with Crippen molar-refractivity contribution in [1.29, 1.82) is 0 Å². The molecule has 1 aromatic carbocycles. The fraction of sp³-hybridized carbons (Fsp3) is 0.548. The maximum atomic E-state index is 14.6. The third kappa shape index (κ3) is 7.78. The van der Waals surface area contributed by atoms with Gasteiger partial charge in [0.2, 0.25) is 11.5 Å². The van der Waals surface area contributed by atoms with Crippen LogP contribution >= 0.6 is 0 Å². The number of halogens is 1. The topological polar surface area (TPSA) is 165 Å². The van der Waals surface area contributed by atoms with E-state index in [1.54, 1.807) is 20.8 Å². The number of piperazine rings is 1. The van der Waals surface area contributed by atoms with Crippen LogP contribution in [0.4, 0.5) is 9.18 Å². The summed E-state index contributed by atoms with van der Waals surface area (Å²) in [7, 11) is 0. The number of amides is 3. The van der Waals surface area contributed by atoms with Crippen molar-refractivity contribution in [2.45, 2.75) is 77.5 Å². The van der Waals surface area contributed by atoms with Gasteiger partial charge in [0.05, 0.1) is 18.2 Å². The molecule has 2 heterocycles. The van der Waals surface area contributed by atoms with Crippen molar-refractivity contribution in [3.63, 3.8) is 0 Å². The van der Waals surface area contributed by atoms with Gasteiger partial charge in [0.15, 0.2) is 0 Å². The second-order valence-corrected chi connectivity index (χ2v) is 11.5. The van der Waals surface area contributed by atoms with E-state index in [0.717, 1.165) is 0 Å². The highest BCUT2D eigenvalue weighted by molar-refractivity contribution is 5.99. The molecule has 2 fully saturated rings. The molecule has 4 rings (SSSR count). The number of ether oxygens (including phenoxy) is 3. The van der Waals surface area contributed by atoms with E-state index in [9.17, 15) is 33.5 Å². The number of hydrogen-bond donors (Lipinski definition) is 2. The first-order valence-corrected chi connectivity index (χ1v) is 15.1. The van der Waals surface area contributed by atoms with Crippen LogP contribution < -0.4 is 10.1 Å². The Balaban J connectivity index is 1.60. The van der Waals surface area contributed by atoms with Gasteiger partial charge in [-0.05, 0) is 71.1 Å². The SMILES string of the molecule is CCOC(=O)N1CCN(C(=O)C(CCC(=O)OC(C)C)NC(=O)c2cc(OC3(C(=O)O)CCC3)c3cc(F)c(C)cc3n2)CC1. The second kappa shape index (κ2) is 14.1. The third-order valence-electron chi connectivity index (χ3n) is 7.87. The molecule has 0 bridgehead atoms. The monoisotopic (exact) mass is 630 g/mol. The summed E-state index contributed by atoms with van der Waals surface area (Å²) in [6.45, 7) is 7.68. The number of carbonyl (C=O) groups excluding carboxylic acids is 4. The molecule has 0 spiro atoms.